The Morgan fingerprint density at radius 1 is 1.28 bits per heavy atom. The van der Waals surface area contributed by atoms with Gasteiger partial charge in [-0.25, -0.2) is 0 Å². The molecule has 1 heterocycles. The highest BCUT2D eigenvalue weighted by molar-refractivity contribution is 6.19. The van der Waals surface area contributed by atoms with E-state index in [0.29, 0.717) is 11.3 Å². The minimum absolute atomic E-state index is 0.176. The second-order valence-corrected chi connectivity index (χ2v) is 4.08. The van der Waals surface area contributed by atoms with Gasteiger partial charge in [-0.2, -0.15) is 0 Å². The van der Waals surface area contributed by atoms with Crippen LogP contribution >= 0.6 is 0 Å². The number of amides is 2. The summed E-state index contributed by atoms with van der Waals surface area (Å²) in [7, 11) is 0. The second-order valence-electron chi connectivity index (χ2n) is 4.08. The highest BCUT2D eigenvalue weighted by Gasteiger charge is 2.30. The monoisotopic (exact) mass is 243 g/mol. The summed E-state index contributed by atoms with van der Waals surface area (Å²) < 4.78 is 0. The standard InChI is InChI=1S/C14H13NO3/c1-10-4-5-12(9-11(10)3-2-8-16)15-13(17)6-7-14(15)18/h4-5,9,16H,6-8H2,1H3. The summed E-state index contributed by atoms with van der Waals surface area (Å²) >= 11 is 0. The number of carbonyl (C=O) groups excluding carboxylic acids is 2. The molecular weight excluding hydrogens is 230 g/mol. The van der Waals surface area contributed by atoms with E-state index in [-0.39, 0.29) is 31.3 Å². The molecule has 2 rings (SSSR count). The number of hydrogen-bond acceptors (Lipinski definition) is 3. The summed E-state index contributed by atoms with van der Waals surface area (Å²) in [6, 6.07) is 5.26. The zero-order valence-electron chi connectivity index (χ0n) is 10.1. The number of nitrogens with zero attached hydrogens (tertiary/aromatic N) is 1. The fourth-order valence-electron chi connectivity index (χ4n) is 1.88. The van der Waals surface area contributed by atoms with Crippen molar-refractivity contribution in [2.75, 3.05) is 11.5 Å². The van der Waals surface area contributed by atoms with Crippen LogP contribution in [0.1, 0.15) is 24.0 Å². The highest BCUT2D eigenvalue weighted by atomic mass is 16.2. The van der Waals surface area contributed by atoms with Crippen molar-refractivity contribution in [2.24, 2.45) is 0 Å². The van der Waals surface area contributed by atoms with Gasteiger partial charge in [0.2, 0.25) is 11.8 Å². The van der Waals surface area contributed by atoms with Crippen molar-refractivity contribution in [3.63, 3.8) is 0 Å². The molecule has 2 amide bonds. The molecule has 1 N–H and O–H groups in total. The summed E-state index contributed by atoms with van der Waals surface area (Å²) in [5.74, 6) is 5.02. The Kier molecular flexibility index (Phi) is 3.45. The van der Waals surface area contributed by atoms with Gasteiger partial charge in [0.15, 0.2) is 0 Å². The number of imide groups is 1. The predicted molar refractivity (Wildman–Crippen MR) is 66.9 cm³/mol. The molecular formula is C14H13NO3. The van der Waals surface area contributed by atoms with Crippen LogP contribution in [0, 0.1) is 18.8 Å². The van der Waals surface area contributed by atoms with Crippen molar-refractivity contribution in [3.05, 3.63) is 29.3 Å². The molecule has 4 nitrogen and oxygen atoms in total. The number of aryl methyl sites for hydroxylation is 1. The van der Waals surface area contributed by atoms with E-state index < -0.39 is 0 Å². The highest BCUT2D eigenvalue weighted by Crippen LogP contribution is 2.24. The van der Waals surface area contributed by atoms with E-state index in [0.717, 1.165) is 5.56 Å². The molecule has 4 heteroatoms. The van der Waals surface area contributed by atoms with Gasteiger partial charge in [0.1, 0.15) is 6.61 Å². The van der Waals surface area contributed by atoms with Gasteiger partial charge in [0.25, 0.3) is 0 Å². The van der Waals surface area contributed by atoms with E-state index in [4.69, 9.17) is 5.11 Å². The van der Waals surface area contributed by atoms with Crippen LogP contribution < -0.4 is 4.90 Å². The lowest BCUT2D eigenvalue weighted by Gasteiger charge is -2.14. The van der Waals surface area contributed by atoms with Crippen molar-refractivity contribution in [1.29, 1.82) is 0 Å². The maximum Gasteiger partial charge on any atom is 0.234 e. The number of anilines is 1. The summed E-state index contributed by atoms with van der Waals surface area (Å²) in [6.07, 6.45) is 0.536. The Balaban J connectivity index is 2.40. The molecule has 18 heavy (non-hydrogen) atoms. The van der Waals surface area contributed by atoms with E-state index in [1.807, 2.05) is 13.0 Å². The van der Waals surface area contributed by atoms with E-state index >= 15 is 0 Å². The van der Waals surface area contributed by atoms with Crippen molar-refractivity contribution in [3.8, 4) is 11.8 Å². The molecule has 1 aromatic carbocycles. The number of aliphatic hydroxyl groups excluding tert-OH is 1. The molecule has 0 unspecified atom stereocenters. The third-order valence-electron chi connectivity index (χ3n) is 2.83. The van der Waals surface area contributed by atoms with Gasteiger partial charge < -0.3 is 5.11 Å². The first kappa shape index (κ1) is 12.3. The average Bonchev–Trinajstić information content (AvgIpc) is 2.68. The Bertz CT molecular complexity index is 550. The molecule has 0 saturated carbocycles. The molecule has 1 aliphatic rings. The Labute approximate surface area is 105 Å². The fourth-order valence-corrected chi connectivity index (χ4v) is 1.88. The SMILES string of the molecule is Cc1ccc(N2C(=O)CCC2=O)cc1C#CCO. The minimum atomic E-state index is -0.217. The molecule has 0 atom stereocenters. The molecule has 92 valence electrons. The Morgan fingerprint density at radius 3 is 2.56 bits per heavy atom. The second kappa shape index (κ2) is 5.03. The maximum absolute atomic E-state index is 11.6. The molecule has 0 spiro atoms. The summed E-state index contributed by atoms with van der Waals surface area (Å²) in [5.41, 5.74) is 2.21. The van der Waals surface area contributed by atoms with E-state index in [1.165, 1.54) is 4.90 Å². The van der Waals surface area contributed by atoms with Crippen LogP contribution in [-0.4, -0.2) is 23.5 Å². The van der Waals surface area contributed by atoms with Crippen LogP contribution in [0.25, 0.3) is 0 Å². The third kappa shape index (κ3) is 2.27. The lowest BCUT2D eigenvalue weighted by atomic mass is 10.1. The first-order chi connectivity index (χ1) is 8.63. The molecule has 1 saturated heterocycles. The van der Waals surface area contributed by atoms with Gasteiger partial charge in [-0.3, -0.25) is 14.5 Å². The number of rotatable bonds is 1. The molecule has 1 aliphatic heterocycles. The smallest absolute Gasteiger partial charge is 0.234 e. The van der Waals surface area contributed by atoms with Gasteiger partial charge in [-0.05, 0) is 24.6 Å². The largest absolute Gasteiger partial charge is 0.384 e. The lowest BCUT2D eigenvalue weighted by molar-refractivity contribution is -0.121. The predicted octanol–water partition coefficient (Wildman–Crippen LogP) is 0.992. The zero-order valence-corrected chi connectivity index (χ0v) is 10.1. The summed E-state index contributed by atoms with van der Waals surface area (Å²) in [4.78, 5) is 24.4. The van der Waals surface area contributed by atoms with Crippen molar-refractivity contribution >= 4 is 17.5 Å². The van der Waals surface area contributed by atoms with Crippen LogP contribution in [0.15, 0.2) is 18.2 Å². The Morgan fingerprint density at radius 2 is 1.94 bits per heavy atom. The van der Waals surface area contributed by atoms with E-state index in [1.54, 1.807) is 12.1 Å². The lowest BCUT2D eigenvalue weighted by Crippen LogP contribution is -2.28. The minimum Gasteiger partial charge on any atom is -0.384 e. The molecule has 0 aromatic heterocycles. The van der Waals surface area contributed by atoms with E-state index in [9.17, 15) is 9.59 Å². The van der Waals surface area contributed by atoms with Crippen molar-refractivity contribution in [2.45, 2.75) is 19.8 Å². The third-order valence-corrected chi connectivity index (χ3v) is 2.83. The first-order valence-electron chi connectivity index (χ1n) is 5.69. The van der Waals surface area contributed by atoms with Crippen LogP contribution in [0.5, 0.6) is 0 Å². The topological polar surface area (TPSA) is 57.6 Å². The summed E-state index contributed by atoms with van der Waals surface area (Å²) in [5, 5.41) is 8.69. The maximum atomic E-state index is 11.6. The molecule has 0 bridgehead atoms. The molecule has 0 aliphatic carbocycles. The number of hydrogen-bond donors (Lipinski definition) is 1. The van der Waals surface area contributed by atoms with Crippen LogP contribution in [0.3, 0.4) is 0 Å². The zero-order chi connectivity index (χ0) is 13.1. The van der Waals surface area contributed by atoms with Gasteiger partial charge in [-0.15, -0.1) is 0 Å². The van der Waals surface area contributed by atoms with Gasteiger partial charge in [0.05, 0.1) is 5.69 Å². The Hall–Kier alpha value is -2.12. The van der Waals surface area contributed by atoms with Gasteiger partial charge in [0, 0.05) is 18.4 Å². The number of benzene rings is 1. The van der Waals surface area contributed by atoms with Gasteiger partial charge in [-0.1, -0.05) is 17.9 Å². The van der Waals surface area contributed by atoms with Crippen LogP contribution in [0.2, 0.25) is 0 Å². The van der Waals surface area contributed by atoms with E-state index in [2.05, 4.69) is 11.8 Å². The van der Waals surface area contributed by atoms with Crippen LogP contribution in [0.4, 0.5) is 5.69 Å². The fraction of sp³-hybridized carbons (Fsp3) is 0.286. The van der Waals surface area contributed by atoms with Crippen molar-refractivity contribution in [1.82, 2.24) is 0 Å². The van der Waals surface area contributed by atoms with Gasteiger partial charge >= 0.3 is 0 Å². The molecule has 1 aromatic rings. The van der Waals surface area contributed by atoms with Crippen molar-refractivity contribution < 1.29 is 14.7 Å². The first-order valence-corrected chi connectivity index (χ1v) is 5.69. The molecule has 0 radical (unpaired) electrons. The van der Waals surface area contributed by atoms with Crippen LogP contribution in [-0.2, 0) is 9.59 Å². The normalized spacial score (nSPS) is 14.7. The molecule has 1 fully saturated rings. The number of carbonyl (C=O) groups is 2. The summed E-state index contributed by atoms with van der Waals surface area (Å²) in [6.45, 7) is 1.67. The average molecular weight is 243 g/mol. The number of aliphatic hydroxyl groups is 1. The quantitative estimate of drug-likeness (QED) is 0.591.